The Kier molecular flexibility index (Phi) is 2.22. The van der Waals surface area contributed by atoms with Crippen molar-refractivity contribution in [1.29, 1.82) is 0 Å². The summed E-state index contributed by atoms with van der Waals surface area (Å²) >= 11 is 0. The van der Waals surface area contributed by atoms with Gasteiger partial charge in [0.15, 0.2) is 0 Å². The normalized spacial score (nSPS) is 19.7. The van der Waals surface area contributed by atoms with Crippen molar-refractivity contribution in [1.82, 2.24) is 9.97 Å². The highest BCUT2D eigenvalue weighted by molar-refractivity contribution is 5.77. The molecule has 0 aliphatic heterocycles. The SMILES string of the molecule is c1ccc2c(c1)C1c3ccccc3C2c2nc3ccccc3nc21. The van der Waals surface area contributed by atoms with Gasteiger partial charge in [-0.2, -0.15) is 0 Å². The summed E-state index contributed by atoms with van der Waals surface area (Å²) in [5.74, 6) is 0.406. The van der Waals surface area contributed by atoms with Crippen molar-refractivity contribution in [2.24, 2.45) is 0 Å². The molecule has 2 bridgehead atoms. The minimum Gasteiger partial charge on any atom is -0.248 e. The zero-order valence-corrected chi connectivity index (χ0v) is 13.0. The third-order valence-electron chi connectivity index (χ3n) is 5.41. The Morgan fingerprint density at radius 1 is 0.458 bits per heavy atom. The highest BCUT2D eigenvalue weighted by Crippen LogP contribution is 2.54. The molecule has 1 heterocycles. The van der Waals surface area contributed by atoms with E-state index in [9.17, 15) is 0 Å². The lowest BCUT2D eigenvalue weighted by Gasteiger charge is -2.40. The second kappa shape index (κ2) is 4.30. The fourth-order valence-corrected chi connectivity index (χ4v) is 4.45. The standard InChI is InChI=1S/C22H14N2/c1-2-8-14-13(7-1)19-15-9-3-4-10-16(15)20(14)22-21(19)23-17-11-5-6-12-18(17)24-22/h1-12,19-20H. The molecule has 1 aromatic heterocycles. The smallest absolute Gasteiger partial charge is 0.0890 e. The van der Waals surface area contributed by atoms with Crippen LogP contribution in [0.25, 0.3) is 11.0 Å². The van der Waals surface area contributed by atoms with Crippen LogP contribution in [0.1, 0.15) is 45.5 Å². The first-order valence-electron chi connectivity index (χ1n) is 8.36. The van der Waals surface area contributed by atoms with Crippen LogP contribution in [0, 0.1) is 0 Å². The molecule has 3 aliphatic rings. The molecule has 0 amide bonds. The topological polar surface area (TPSA) is 25.8 Å². The van der Waals surface area contributed by atoms with Crippen molar-refractivity contribution in [3.8, 4) is 0 Å². The summed E-state index contributed by atoms with van der Waals surface area (Å²) in [6.07, 6.45) is 0. The number of hydrogen-bond acceptors (Lipinski definition) is 2. The largest absolute Gasteiger partial charge is 0.248 e. The summed E-state index contributed by atoms with van der Waals surface area (Å²) in [5, 5.41) is 0. The van der Waals surface area contributed by atoms with Crippen LogP contribution in [0.15, 0.2) is 72.8 Å². The summed E-state index contributed by atoms with van der Waals surface area (Å²) in [7, 11) is 0. The van der Waals surface area contributed by atoms with E-state index in [0.29, 0.717) is 0 Å². The van der Waals surface area contributed by atoms with Crippen LogP contribution in [0.2, 0.25) is 0 Å². The van der Waals surface area contributed by atoms with Crippen LogP contribution in [0.4, 0.5) is 0 Å². The van der Waals surface area contributed by atoms with Crippen LogP contribution in [-0.4, -0.2) is 9.97 Å². The van der Waals surface area contributed by atoms with Crippen LogP contribution in [0.3, 0.4) is 0 Å². The Balaban J connectivity index is 1.76. The number of benzene rings is 3. The molecular weight excluding hydrogens is 292 g/mol. The molecule has 3 aromatic carbocycles. The highest BCUT2D eigenvalue weighted by atomic mass is 14.9. The van der Waals surface area contributed by atoms with Crippen LogP contribution in [-0.2, 0) is 0 Å². The van der Waals surface area contributed by atoms with Crippen LogP contribution >= 0.6 is 0 Å². The Hall–Kier alpha value is -3.00. The van der Waals surface area contributed by atoms with Gasteiger partial charge in [-0.3, -0.25) is 0 Å². The molecule has 4 aromatic rings. The van der Waals surface area contributed by atoms with Gasteiger partial charge in [-0.15, -0.1) is 0 Å². The highest BCUT2D eigenvalue weighted by Gasteiger charge is 2.43. The van der Waals surface area contributed by atoms with Gasteiger partial charge in [0.1, 0.15) is 0 Å². The van der Waals surface area contributed by atoms with E-state index in [2.05, 4.69) is 60.7 Å². The minimum atomic E-state index is 0.203. The average Bonchev–Trinajstić information content (AvgIpc) is 2.66. The van der Waals surface area contributed by atoms with E-state index in [1.165, 1.54) is 22.3 Å². The number of aromatic nitrogens is 2. The first-order chi connectivity index (χ1) is 11.9. The van der Waals surface area contributed by atoms with E-state index < -0.39 is 0 Å². The molecule has 0 N–H and O–H groups in total. The zero-order chi connectivity index (χ0) is 15.7. The van der Waals surface area contributed by atoms with Crippen molar-refractivity contribution in [2.45, 2.75) is 11.8 Å². The van der Waals surface area contributed by atoms with Gasteiger partial charge in [0.2, 0.25) is 0 Å². The zero-order valence-electron chi connectivity index (χ0n) is 13.0. The van der Waals surface area contributed by atoms with E-state index in [1.807, 2.05) is 12.1 Å². The van der Waals surface area contributed by atoms with Gasteiger partial charge in [-0.25, -0.2) is 9.97 Å². The number of para-hydroxylation sites is 2. The fourth-order valence-electron chi connectivity index (χ4n) is 4.45. The summed E-state index contributed by atoms with van der Waals surface area (Å²) in [6.45, 7) is 0. The molecular formula is C22H14N2. The van der Waals surface area contributed by atoms with Crippen molar-refractivity contribution in [3.05, 3.63) is 106 Å². The maximum atomic E-state index is 5.03. The first kappa shape index (κ1) is 12.4. The number of hydrogen-bond donors (Lipinski definition) is 0. The van der Waals surface area contributed by atoms with Gasteiger partial charge in [0.25, 0.3) is 0 Å². The van der Waals surface area contributed by atoms with Crippen LogP contribution in [0.5, 0.6) is 0 Å². The van der Waals surface area contributed by atoms with E-state index in [0.717, 1.165) is 22.4 Å². The predicted molar refractivity (Wildman–Crippen MR) is 94.3 cm³/mol. The average molecular weight is 306 g/mol. The lowest BCUT2D eigenvalue weighted by Crippen LogP contribution is -2.29. The molecule has 0 atom stereocenters. The summed E-state index contributed by atoms with van der Waals surface area (Å²) in [6, 6.07) is 25.7. The molecule has 0 spiro atoms. The summed E-state index contributed by atoms with van der Waals surface area (Å²) in [5.41, 5.74) is 9.79. The molecule has 0 unspecified atom stereocenters. The molecule has 0 fully saturated rings. The predicted octanol–water partition coefficient (Wildman–Crippen LogP) is 4.62. The number of fused-ring (bicyclic) bond motifs is 1. The molecule has 3 aliphatic carbocycles. The quantitative estimate of drug-likeness (QED) is 0.409. The Morgan fingerprint density at radius 2 is 0.792 bits per heavy atom. The minimum absolute atomic E-state index is 0.203. The van der Waals surface area contributed by atoms with Crippen LogP contribution < -0.4 is 0 Å². The second-order valence-corrected chi connectivity index (χ2v) is 6.61. The number of rotatable bonds is 0. The van der Waals surface area contributed by atoms with Crippen molar-refractivity contribution in [3.63, 3.8) is 0 Å². The fraction of sp³-hybridized carbons (Fsp3) is 0.0909. The van der Waals surface area contributed by atoms with Crippen molar-refractivity contribution < 1.29 is 0 Å². The first-order valence-corrected chi connectivity index (χ1v) is 8.36. The maximum absolute atomic E-state index is 5.03. The molecule has 0 saturated heterocycles. The van der Waals surface area contributed by atoms with E-state index in [1.54, 1.807) is 0 Å². The lowest BCUT2D eigenvalue weighted by molar-refractivity contribution is 0.709. The Bertz CT molecular complexity index is 994. The third kappa shape index (κ3) is 1.41. The Morgan fingerprint density at radius 3 is 1.17 bits per heavy atom. The van der Waals surface area contributed by atoms with E-state index >= 15 is 0 Å². The maximum Gasteiger partial charge on any atom is 0.0890 e. The summed E-state index contributed by atoms with van der Waals surface area (Å²) < 4.78 is 0. The molecule has 2 heteroatoms. The second-order valence-electron chi connectivity index (χ2n) is 6.61. The monoisotopic (exact) mass is 306 g/mol. The van der Waals surface area contributed by atoms with Gasteiger partial charge < -0.3 is 0 Å². The molecule has 112 valence electrons. The van der Waals surface area contributed by atoms with Gasteiger partial charge in [0.05, 0.1) is 34.3 Å². The van der Waals surface area contributed by atoms with Gasteiger partial charge in [0, 0.05) is 0 Å². The van der Waals surface area contributed by atoms with Gasteiger partial charge in [-0.05, 0) is 34.4 Å². The van der Waals surface area contributed by atoms with Crippen molar-refractivity contribution in [2.75, 3.05) is 0 Å². The van der Waals surface area contributed by atoms with E-state index in [-0.39, 0.29) is 11.8 Å². The molecule has 2 nitrogen and oxygen atoms in total. The molecule has 7 rings (SSSR count). The Labute approximate surface area is 139 Å². The number of nitrogens with zero attached hydrogens (tertiary/aromatic N) is 2. The van der Waals surface area contributed by atoms with Gasteiger partial charge >= 0.3 is 0 Å². The lowest BCUT2D eigenvalue weighted by atomic mass is 9.64. The molecule has 0 radical (unpaired) electrons. The van der Waals surface area contributed by atoms with Gasteiger partial charge in [-0.1, -0.05) is 60.7 Å². The summed E-state index contributed by atoms with van der Waals surface area (Å²) in [4.78, 5) is 10.1. The third-order valence-corrected chi connectivity index (χ3v) is 5.41. The van der Waals surface area contributed by atoms with E-state index in [4.69, 9.17) is 9.97 Å². The molecule has 24 heavy (non-hydrogen) atoms. The molecule has 0 saturated carbocycles. The van der Waals surface area contributed by atoms with Crippen molar-refractivity contribution >= 4 is 11.0 Å².